The summed E-state index contributed by atoms with van der Waals surface area (Å²) in [6, 6.07) is 4.25. The van der Waals surface area contributed by atoms with Crippen LogP contribution in [-0.2, 0) is 11.3 Å². The van der Waals surface area contributed by atoms with Gasteiger partial charge >= 0.3 is 0 Å². The fraction of sp³-hybridized carbons (Fsp3) is 0.692. The lowest BCUT2D eigenvalue weighted by atomic mass is 9.85. The third-order valence-corrected chi connectivity index (χ3v) is 5.03. The van der Waals surface area contributed by atoms with Gasteiger partial charge in [-0.2, -0.15) is 0 Å². The minimum absolute atomic E-state index is 0.500. The predicted octanol–water partition coefficient (Wildman–Crippen LogP) is 5.00. The number of hydrogen-bond donors (Lipinski definition) is 0. The first-order chi connectivity index (χ1) is 7.79. The van der Waals surface area contributed by atoms with Crippen LogP contribution < -0.4 is 0 Å². The van der Waals surface area contributed by atoms with Crippen molar-refractivity contribution in [3.8, 4) is 0 Å². The average Bonchev–Trinajstić information content (AvgIpc) is 2.73. The lowest BCUT2D eigenvalue weighted by Gasteiger charge is -2.30. The Morgan fingerprint density at radius 2 is 2.19 bits per heavy atom. The van der Waals surface area contributed by atoms with Gasteiger partial charge in [0.15, 0.2) is 0 Å². The van der Waals surface area contributed by atoms with E-state index in [9.17, 15) is 0 Å². The largest absolute Gasteiger partial charge is 0.372 e. The highest BCUT2D eigenvalue weighted by Crippen LogP contribution is 2.30. The zero-order chi connectivity index (χ0) is 11.4. The average molecular weight is 303 g/mol. The number of ether oxygens (including phenoxy) is 1. The molecule has 0 bridgehead atoms. The summed E-state index contributed by atoms with van der Waals surface area (Å²) in [7, 11) is 0. The van der Waals surface area contributed by atoms with Crippen LogP contribution in [0.2, 0.25) is 0 Å². The highest BCUT2D eigenvalue weighted by molar-refractivity contribution is 9.11. The Balaban J connectivity index is 1.84. The van der Waals surface area contributed by atoms with Gasteiger partial charge < -0.3 is 4.74 Å². The van der Waals surface area contributed by atoms with Crippen molar-refractivity contribution in [2.45, 2.75) is 51.7 Å². The van der Waals surface area contributed by atoms with Crippen LogP contribution in [0.5, 0.6) is 0 Å². The molecule has 2 unspecified atom stereocenters. The van der Waals surface area contributed by atoms with Gasteiger partial charge in [0, 0.05) is 4.88 Å². The van der Waals surface area contributed by atoms with Crippen molar-refractivity contribution in [3.05, 3.63) is 20.8 Å². The number of hydrogen-bond acceptors (Lipinski definition) is 2. The SMILES string of the molecule is CCC1CCCCC1OCc1ccc(Br)s1. The van der Waals surface area contributed by atoms with Crippen LogP contribution in [-0.4, -0.2) is 6.10 Å². The molecule has 1 fully saturated rings. The summed E-state index contributed by atoms with van der Waals surface area (Å²) in [5.74, 6) is 0.789. The van der Waals surface area contributed by atoms with Gasteiger partial charge in [-0.1, -0.05) is 26.2 Å². The highest BCUT2D eigenvalue weighted by atomic mass is 79.9. The summed E-state index contributed by atoms with van der Waals surface area (Å²) in [6.07, 6.45) is 7.11. The van der Waals surface area contributed by atoms with Crippen LogP contribution in [0.1, 0.15) is 43.9 Å². The Bertz CT molecular complexity index is 323. The summed E-state index contributed by atoms with van der Waals surface area (Å²) in [4.78, 5) is 1.33. The second-order valence-corrected chi connectivity index (χ2v) is 7.06. The molecule has 0 amide bonds. The van der Waals surface area contributed by atoms with Crippen molar-refractivity contribution in [1.29, 1.82) is 0 Å². The minimum Gasteiger partial charge on any atom is -0.372 e. The first-order valence-electron chi connectivity index (χ1n) is 6.15. The van der Waals surface area contributed by atoms with E-state index in [4.69, 9.17) is 4.74 Å². The van der Waals surface area contributed by atoms with E-state index in [1.165, 1.54) is 40.8 Å². The molecule has 0 spiro atoms. The van der Waals surface area contributed by atoms with E-state index in [1.54, 1.807) is 11.3 Å². The van der Waals surface area contributed by atoms with Gasteiger partial charge in [0.05, 0.1) is 16.5 Å². The molecule has 1 aromatic heterocycles. The molecule has 3 heteroatoms. The first-order valence-corrected chi connectivity index (χ1v) is 7.76. The summed E-state index contributed by atoms with van der Waals surface area (Å²) >= 11 is 5.26. The van der Waals surface area contributed by atoms with Gasteiger partial charge in [0.25, 0.3) is 0 Å². The molecule has 1 heterocycles. The Kier molecular flexibility index (Phi) is 4.86. The molecule has 1 saturated carbocycles. The topological polar surface area (TPSA) is 9.23 Å². The summed E-state index contributed by atoms with van der Waals surface area (Å²) in [5.41, 5.74) is 0. The molecule has 1 aliphatic rings. The van der Waals surface area contributed by atoms with E-state index < -0.39 is 0 Å². The quantitative estimate of drug-likeness (QED) is 0.761. The van der Waals surface area contributed by atoms with Crippen molar-refractivity contribution in [1.82, 2.24) is 0 Å². The maximum atomic E-state index is 6.08. The molecule has 0 N–H and O–H groups in total. The summed E-state index contributed by atoms with van der Waals surface area (Å²) in [6.45, 7) is 3.07. The van der Waals surface area contributed by atoms with Gasteiger partial charge in [-0.05, 0) is 46.8 Å². The molecule has 0 radical (unpaired) electrons. The molecule has 1 aromatic rings. The van der Waals surface area contributed by atoms with E-state index >= 15 is 0 Å². The highest BCUT2D eigenvalue weighted by Gasteiger charge is 2.24. The van der Waals surface area contributed by atoms with Gasteiger partial charge in [0.1, 0.15) is 0 Å². The molecule has 2 atom stereocenters. The first kappa shape index (κ1) is 12.6. The number of thiophene rings is 1. The molecule has 0 aromatic carbocycles. The summed E-state index contributed by atoms with van der Waals surface area (Å²) in [5, 5.41) is 0. The molecule has 2 rings (SSSR count). The van der Waals surface area contributed by atoms with Crippen molar-refractivity contribution in [3.63, 3.8) is 0 Å². The van der Waals surface area contributed by atoms with Crippen LogP contribution >= 0.6 is 27.3 Å². The maximum Gasteiger partial charge on any atom is 0.0813 e. The maximum absolute atomic E-state index is 6.08. The zero-order valence-electron chi connectivity index (χ0n) is 9.75. The summed E-state index contributed by atoms with van der Waals surface area (Å²) < 4.78 is 7.27. The Morgan fingerprint density at radius 3 is 2.88 bits per heavy atom. The monoisotopic (exact) mass is 302 g/mol. The zero-order valence-corrected chi connectivity index (χ0v) is 12.1. The lowest BCUT2D eigenvalue weighted by molar-refractivity contribution is -0.0211. The van der Waals surface area contributed by atoms with Crippen LogP contribution in [0.25, 0.3) is 0 Å². The smallest absolute Gasteiger partial charge is 0.0813 e. The molecule has 0 aliphatic heterocycles. The fourth-order valence-electron chi connectivity index (χ4n) is 2.48. The van der Waals surface area contributed by atoms with E-state index in [0.717, 1.165) is 12.5 Å². The second-order valence-electron chi connectivity index (χ2n) is 4.51. The molecule has 1 nitrogen and oxygen atoms in total. The van der Waals surface area contributed by atoms with Crippen molar-refractivity contribution in [2.24, 2.45) is 5.92 Å². The Morgan fingerprint density at radius 1 is 1.38 bits per heavy atom. The van der Waals surface area contributed by atoms with Gasteiger partial charge in [-0.3, -0.25) is 0 Å². The number of halogens is 1. The van der Waals surface area contributed by atoms with Gasteiger partial charge in [-0.15, -0.1) is 11.3 Å². The lowest BCUT2D eigenvalue weighted by Crippen LogP contribution is -2.26. The van der Waals surface area contributed by atoms with E-state index in [2.05, 4.69) is 35.0 Å². The van der Waals surface area contributed by atoms with Crippen molar-refractivity contribution < 1.29 is 4.74 Å². The Hall–Kier alpha value is 0.140. The molecule has 16 heavy (non-hydrogen) atoms. The predicted molar refractivity (Wildman–Crippen MR) is 72.8 cm³/mol. The number of rotatable bonds is 4. The third-order valence-electron chi connectivity index (χ3n) is 3.43. The molecule has 90 valence electrons. The van der Waals surface area contributed by atoms with Gasteiger partial charge in [-0.25, -0.2) is 0 Å². The van der Waals surface area contributed by atoms with Crippen molar-refractivity contribution in [2.75, 3.05) is 0 Å². The van der Waals surface area contributed by atoms with E-state index in [0.29, 0.717) is 6.10 Å². The third kappa shape index (κ3) is 3.31. The van der Waals surface area contributed by atoms with Crippen LogP contribution in [0.4, 0.5) is 0 Å². The Labute approximate surface area is 110 Å². The van der Waals surface area contributed by atoms with E-state index in [-0.39, 0.29) is 0 Å². The molecule has 0 saturated heterocycles. The molecular weight excluding hydrogens is 284 g/mol. The normalized spacial score (nSPS) is 25.9. The van der Waals surface area contributed by atoms with Crippen LogP contribution in [0, 0.1) is 5.92 Å². The molecule has 1 aliphatic carbocycles. The van der Waals surface area contributed by atoms with Crippen molar-refractivity contribution >= 4 is 27.3 Å². The molecular formula is C13H19BrOS. The standard InChI is InChI=1S/C13H19BrOS/c1-2-10-5-3-4-6-12(10)15-9-11-7-8-13(14)16-11/h7-8,10,12H,2-6,9H2,1H3. The van der Waals surface area contributed by atoms with E-state index in [1.807, 2.05) is 0 Å². The van der Waals surface area contributed by atoms with Gasteiger partial charge in [0.2, 0.25) is 0 Å². The van der Waals surface area contributed by atoms with Crippen LogP contribution in [0.15, 0.2) is 15.9 Å². The van der Waals surface area contributed by atoms with Crippen LogP contribution in [0.3, 0.4) is 0 Å². The minimum atomic E-state index is 0.500. The second kappa shape index (κ2) is 6.18. The fourth-order valence-corrected chi connectivity index (χ4v) is 3.88.